The Morgan fingerprint density at radius 2 is 1.68 bits per heavy atom. The van der Waals surface area contributed by atoms with E-state index in [0.29, 0.717) is 27.4 Å². The molecule has 0 aliphatic heterocycles. The van der Waals surface area contributed by atoms with Gasteiger partial charge in [-0.1, -0.05) is 29.3 Å². The summed E-state index contributed by atoms with van der Waals surface area (Å²) in [4.78, 5) is 8.54. The minimum atomic E-state index is -0.317. The normalized spacial score (nSPS) is 10.5. The fraction of sp³-hybridized carbons (Fsp3) is 0. The van der Waals surface area contributed by atoms with Crippen LogP contribution >= 0.6 is 23.2 Å². The largest absolute Gasteiger partial charge is 0.340 e. The van der Waals surface area contributed by atoms with Crippen molar-refractivity contribution in [3.63, 3.8) is 0 Å². The smallest absolute Gasteiger partial charge is 0.163 e. The number of rotatable bonds is 3. The van der Waals surface area contributed by atoms with E-state index in [1.165, 1.54) is 12.1 Å². The second-order valence-corrected chi connectivity index (χ2v) is 5.37. The van der Waals surface area contributed by atoms with Gasteiger partial charge in [-0.2, -0.15) is 0 Å². The molecule has 0 amide bonds. The van der Waals surface area contributed by atoms with Crippen molar-refractivity contribution in [3.8, 4) is 11.4 Å². The first-order valence-corrected chi connectivity index (χ1v) is 7.19. The molecule has 0 bridgehead atoms. The maximum absolute atomic E-state index is 13.0. The van der Waals surface area contributed by atoms with Gasteiger partial charge in [-0.05, 0) is 42.5 Å². The van der Waals surface area contributed by atoms with Crippen LogP contribution in [0.3, 0.4) is 0 Å². The van der Waals surface area contributed by atoms with E-state index < -0.39 is 0 Å². The molecule has 0 saturated carbocycles. The van der Waals surface area contributed by atoms with E-state index in [9.17, 15) is 4.39 Å². The highest BCUT2D eigenvalue weighted by Gasteiger charge is 2.07. The molecule has 0 aliphatic rings. The highest BCUT2D eigenvalue weighted by molar-refractivity contribution is 6.31. The second kappa shape index (κ2) is 6.30. The average molecular weight is 334 g/mol. The molecular weight excluding hydrogens is 324 g/mol. The zero-order chi connectivity index (χ0) is 15.5. The molecule has 2 aromatic carbocycles. The molecule has 0 aliphatic carbocycles. The van der Waals surface area contributed by atoms with Crippen LogP contribution in [0.25, 0.3) is 11.4 Å². The van der Waals surface area contributed by atoms with Crippen LogP contribution in [0.5, 0.6) is 0 Å². The van der Waals surface area contributed by atoms with Gasteiger partial charge >= 0.3 is 0 Å². The summed E-state index contributed by atoms with van der Waals surface area (Å²) in [5.41, 5.74) is 1.46. The third-order valence-corrected chi connectivity index (χ3v) is 3.32. The molecule has 0 spiro atoms. The molecule has 3 rings (SSSR count). The summed E-state index contributed by atoms with van der Waals surface area (Å²) in [6, 6.07) is 14.8. The molecule has 0 radical (unpaired) electrons. The molecule has 110 valence electrons. The van der Waals surface area contributed by atoms with E-state index in [2.05, 4.69) is 15.3 Å². The Bertz CT molecular complexity index is 807. The first kappa shape index (κ1) is 14.8. The molecule has 3 aromatic rings. The van der Waals surface area contributed by atoms with Crippen molar-refractivity contribution in [1.29, 1.82) is 0 Å². The molecular formula is C16H10Cl2FN3. The van der Waals surface area contributed by atoms with Crippen LogP contribution in [-0.4, -0.2) is 9.97 Å². The van der Waals surface area contributed by atoms with E-state index in [-0.39, 0.29) is 5.82 Å². The third-order valence-electron chi connectivity index (χ3n) is 2.89. The lowest BCUT2D eigenvalue weighted by molar-refractivity contribution is 0.628. The van der Waals surface area contributed by atoms with Gasteiger partial charge in [0.05, 0.1) is 0 Å². The lowest BCUT2D eigenvalue weighted by Gasteiger charge is -2.08. The van der Waals surface area contributed by atoms with Gasteiger partial charge in [-0.3, -0.25) is 0 Å². The molecule has 0 saturated heterocycles. The predicted octanol–water partition coefficient (Wildman–Crippen LogP) is 5.33. The van der Waals surface area contributed by atoms with Crippen molar-refractivity contribution in [2.75, 3.05) is 5.32 Å². The maximum Gasteiger partial charge on any atom is 0.163 e. The molecule has 1 N–H and O–H groups in total. The fourth-order valence-corrected chi connectivity index (χ4v) is 2.30. The summed E-state index contributed by atoms with van der Waals surface area (Å²) in [5.74, 6) is 0.627. The van der Waals surface area contributed by atoms with E-state index in [4.69, 9.17) is 23.2 Å². The van der Waals surface area contributed by atoms with Gasteiger partial charge in [0.1, 0.15) is 16.8 Å². The van der Waals surface area contributed by atoms with Crippen LogP contribution in [-0.2, 0) is 0 Å². The Kier molecular flexibility index (Phi) is 4.22. The average Bonchev–Trinajstić information content (AvgIpc) is 2.47. The Hall–Kier alpha value is -2.17. The van der Waals surface area contributed by atoms with Gasteiger partial charge in [0.25, 0.3) is 0 Å². The van der Waals surface area contributed by atoms with Crippen LogP contribution in [0.4, 0.5) is 15.9 Å². The summed E-state index contributed by atoms with van der Waals surface area (Å²) in [6.45, 7) is 0. The SMILES string of the molecule is Fc1ccc(-c2nc(Cl)cc(Nc3cccc(Cl)c3)n2)cc1. The van der Waals surface area contributed by atoms with E-state index >= 15 is 0 Å². The lowest BCUT2D eigenvalue weighted by atomic mass is 10.2. The minimum absolute atomic E-state index is 0.291. The number of hydrogen-bond acceptors (Lipinski definition) is 3. The molecule has 0 atom stereocenters. The number of nitrogens with one attached hydrogen (secondary N) is 1. The molecule has 1 heterocycles. The summed E-state index contributed by atoms with van der Waals surface area (Å²) in [7, 11) is 0. The first-order chi connectivity index (χ1) is 10.6. The van der Waals surface area contributed by atoms with Gasteiger partial charge in [0.15, 0.2) is 5.82 Å². The monoisotopic (exact) mass is 333 g/mol. The van der Waals surface area contributed by atoms with Crippen molar-refractivity contribution in [3.05, 3.63) is 70.6 Å². The first-order valence-electron chi connectivity index (χ1n) is 6.43. The van der Waals surface area contributed by atoms with Crippen molar-refractivity contribution in [2.24, 2.45) is 0 Å². The number of hydrogen-bond donors (Lipinski definition) is 1. The fourth-order valence-electron chi connectivity index (χ4n) is 1.92. The molecule has 3 nitrogen and oxygen atoms in total. The summed E-state index contributed by atoms with van der Waals surface area (Å²) >= 11 is 12.0. The minimum Gasteiger partial charge on any atom is -0.340 e. The number of anilines is 2. The van der Waals surface area contributed by atoms with Crippen LogP contribution in [0.15, 0.2) is 54.6 Å². The Morgan fingerprint density at radius 3 is 2.41 bits per heavy atom. The molecule has 22 heavy (non-hydrogen) atoms. The van der Waals surface area contributed by atoms with Gasteiger partial charge in [0, 0.05) is 22.3 Å². The molecule has 1 aromatic heterocycles. The molecule has 0 unspecified atom stereocenters. The van der Waals surface area contributed by atoms with E-state index in [1.807, 2.05) is 12.1 Å². The number of nitrogens with zero attached hydrogens (tertiary/aromatic N) is 2. The van der Waals surface area contributed by atoms with Crippen molar-refractivity contribution in [2.45, 2.75) is 0 Å². The van der Waals surface area contributed by atoms with Gasteiger partial charge < -0.3 is 5.32 Å². The number of aromatic nitrogens is 2. The van der Waals surface area contributed by atoms with Crippen molar-refractivity contribution >= 4 is 34.7 Å². The Balaban J connectivity index is 1.94. The summed E-state index contributed by atoms with van der Waals surface area (Å²) in [6.07, 6.45) is 0. The molecule has 6 heteroatoms. The van der Waals surface area contributed by atoms with E-state index in [0.717, 1.165) is 5.69 Å². The predicted molar refractivity (Wildman–Crippen MR) is 87.2 cm³/mol. The van der Waals surface area contributed by atoms with Crippen LogP contribution in [0.2, 0.25) is 10.2 Å². The zero-order valence-corrected chi connectivity index (χ0v) is 12.7. The van der Waals surface area contributed by atoms with Crippen LogP contribution in [0.1, 0.15) is 0 Å². The van der Waals surface area contributed by atoms with Crippen LogP contribution in [0, 0.1) is 5.82 Å². The maximum atomic E-state index is 13.0. The topological polar surface area (TPSA) is 37.8 Å². The molecule has 0 fully saturated rings. The van der Waals surface area contributed by atoms with Gasteiger partial charge in [-0.15, -0.1) is 0 Å². The third kappa shape index (κ3) is 3.53. The highest BCUT2D eigenvalue weighted by atomic mass is 35.5. The van der Waals surface area contributed by atoms with Crippen molar-refractivity contribution in [1.82, 2.24) is 9.97 Å². The quantitative estimate of drug-likeness (QED) is 0.658. The highest BCUT2D eigenvalue weighted by Crippen LogP contribution is 2.24. The van der Waals surface area contributed by atoms with E-state index in [1.54, 1.807) is 30.3 Å². The second-order valence-electron chi connectivity index (χ2n) is 4.54. The number of benzene rings is 2. The van der Waals surface area contributed by atoms with Gasteiger partial charge in [-0.25, -0.2) is 14.4 Å². The Labute approximate surface area is 136 Å². The van der Waals surface area contributed by atoms with Gasteiger partial charge in [0.2, 0.25) is 0 Å². The summed E-state index contributed by atoms with van der Waals surface area (Å²) < 4.78 is 13.0. The number of halogens is 3. The Morgan fingerprint density at radius 1 is 0.909 bits per heavy atom. The zero-order valence-electron chi connectivity index (χ0n) is 11.2. The van der Waals surface area contributed by atoms with Crippen molar-refractivity contribution < 1.29 is 4.39 Å². The van der Waals surface area contributed by atoms with Crippen LogP contribution < -0.4 is 5.32 Å². The summed E-state index contributed by atoms with van der Waals surface area (Å²) in [5, 5.41) is 4.02. The lowest BCUT2D eigenvalue weighted by Crippen LogP contribution is -1.97. The standard InChI is InChI=1S/C16H10Cl2FN3/c17-11-2-1-3-13(8-11)20-15-9-14(18)21-16(22-15)10-4-6-12(19)7-5-10/h1-9H,(H,20,21,22).